The number of unbranched alkanes of at least 4 members (excludes halogenated alkanes) is 4. The van der Waals surface area contributed by atoms with Gasteiger partial charge in [0.2, 0.25) is 47.3 Å². The summed E-state index contributed by atoms with van der Waals surface area (Å²) in [6, 6.07) is -14.9. The topological polar surface area (TPSA) is 473 Å². The van der Waals surface area contributed by atoms with E-state index in [1.165, 1.54) is 11.8 Å². The fourth-order valence-electron chi connectivity index (χ4n) is 10.0. The maximum atomic E-state index is 14.4. The van der Waals surface area contributed by atoms with Gasteiger partial charge in [-0.15, -0.1) is 0 Å². The number of hydrogen-bond acceptors (Lipinski definition) is 18. The van der Waals surface area contributed by atoms with Gasteiger partial charge in [-0.05, 0) is 70.6 Å². The number of esters is 1. The van der Waals surface area contributed by atoms with Crippen LogP contribution >= 0.6 is 0 Å². The molecule has 4 heterocycles. The number of aliphatic imine (C=N–C) groups is 1. The lowest BCUT2D eigenvalue weighted by atomic mass is 10.0. The second kappa shape index (κ2) is 30.6. The minimum atomic E-state index is -2.76. The van der Waals surface area contributed by atoms with Crippen molar-refractivity contribution < 1.29 is 93.2 Å². The molecule has 0 aromatic carbocycles. The Morgan fingerprint density at radius 2 is 1.22 bits per heavy atom. The van der Waals surface area contributed by atoms with Crippen LogP contribution in [0.3, 0.4) is 0 Å². The number of carbonyl (C=O) groups is 11. The van der Waals surface area contributed by atoms with E-state index in [0.717, 1.165) is 30.6 Å². The predicted octanol–water partition coefficient (Wildman–Crippen LogP) is -5.63. The Hall–Kier alpha value is -6.76. The Kier molecular flexibility index (Phi) is 25.1. The zero-order chi connectivity index (χ0) is 58.8. The summed E-state index contributed by atoms with van der Waals surface area (Å²) in [7, 11) is 0. The number of amides is 8. The fourth-order valence-corrected chi connectivity index (χ4v) is 10.0. The first kappa shape index (κ1) is 64.8. The molecule has 0 radical (unpaired) electrons. The summed E-state index contributed by atoms with van der Waals surface area (Å²) in [5.74, 6) is -14.6. The van der Waals surface area contributed by atoms with Crippen LogP contribution < -0.4 is 38.1 Å². The summed E-state index contributed by atoms with van der Waals surface area (Å²) < 4.78 is 5.64. The van der Waals surface area contributed by atoms with Crippen molar-refractivity contribution in [2.45, 2.75) is 196 Å². The average Bonchev–Trinajstić information content (AvgIpc) is 4.23. The van der Waals surface area contributed by atoms with E-state index in [9.17, 15) is 88.5 Å². The Bertz CT molecular complexity index is 2230. The first-order chi connectivity index (χ1) is 37.3. The van der Waals surface area contributed by atoms with E-state index in [-0.39, 0.29) is 77.0 Å². The molecule has 0 bridgehead atoms. The molecule has 0 spiro atoms. The molecule has 0 aromatic heterocycles. The number of carboxylic acid groups (broad SMARTS) is 2. The smallest absolute Gasteiger partial charge is 0.335 e. The molecule has 0 saturated carbocycles. The summed E-state index contributed by atoms with van der Waals surface area (Å²) in [5, 5.41) is 84.7. The highest BCUT2D eigenvalue weighted by Gasteiger charge is 2.48. The maximum absolute atomic E-state index is 14.4. The van der Waals surface area contributed by atoms with Crippen LogP contribution in [0.5, 0.6) is 0 Å². The number of hydrogen-bond donors (Lipinski definition) is 14. The number of nitrogens with one attached hydrogen (secondary N) is 5. The number of carbonyl (C=O) groups excluding carboxylic acids is 9. The summed E-state index contributed by atoms with van der Waals surface area (Å²) in [6.07, 6.45) is -6.58. The maximum Gasteiger partial charge on any atom is 0.335 e. The van der Waals surface area contributed by atoms with Crippen LogP contribution in [-0.4, -0.2) is 233 Å². The number of aliphatic carboxylic acids is 2. The third-order valence-corrected chi connectivity index (χ3v) is 14.3. The minimum Gasteiger partial charge on any atom is -0.479 e. The highest BCUT2D eigenvalue weighted by atomic mass is 16.5. The van der Waals surface area contributed by atoms with Gasteiger partial charge in [-0.3, -0.25) is 43.3 Å². The number of nitrogens with two attached hydrogens (primary N) is 2. The second-order valence-corrected chi connectivity index (χ2v) is 20.8. The molecule has 444 valence electrons. The number of nitrogens with zero attached hydrogens (tertiary/aromatic N) is 4. The lowest BCUT2D eigenvalue weighted by Crippen LogP contribution is -2.64. The first-order valence-corrected chi connectivity index (χ1v) is 26.8. The van der Waals surface area contributed by atoms with Gasteiger partial charge in [0.25, 0.3) is 0 Å². The van der Waals surface area contributed by atoms with Gasteiger partial charge >= 0.3 is 17.9 Å². The Balaban J connectivity index is 1.80. The van der Waals surface area contributed by atoms with Crippen LogP contribution in [0.1, 0.15) is 117 Å². The lowest BCUT2D eigenvalue weighted by Gasteiger charge is -2.34. The number of cyclic esters (lactones) is 1. The quantitative estimate of drug-likeness (QED) is 0.0263. The molecule has 30 nitrogen and oxygen atoms in total. The molecule has 4 aliphatic heterocycles. The largest absolute Gasteiger partial charge is 0.479 e. The first-order valence-electron chi connectivity index (χ1n) is 26.8. The van der Waals surface area contributed by atoms with Crippen LogP contribution in [0.4, 0.5) is 0 Å². The van der Waals surface area contributed by atoms with Crippen molar-refractivity contribution in [3.8, 4) is 0 Å². The number of carboxylic acids is 2. The van der Waals surface area contributed by atoms with E-state index in [1.807, 2.05) is 10.6 Å². The number of guanidine groups is 1. The Labute approximate surface area is 455 Å². The van der Waals surface area contributed by atoms with Gasteiger partial charge in [0.15, 0.2) is 24.2 Å². The van der Waals surface area contributed by atoms with E-state index >= 15 is 0 Å². The van der Waals surface area contributed by atoms with Crippen molar-refractivity contribution in [3.63, 3.8) is 0 Å². The van der Waals surface area contributed by atoms with Crippen LogP contribution in [-0.2, 0) is 57.5 Å². The van der Waals surface area contributed by atoms with E-state index in [4.69, 9.17) is 16.2 Å². The van der Waals surface area contributed by atoms with E-state index in [1.54, 1.807) is 0 Å². The normalized spacial score (nSPS) is 28.6. The molecule has 4 saturated heterocycles. The van der Waals surface area contributed by atoms with Gasteiger partial charge in [-0.1, -0.05) is 46.0 Å². The Morgan fingerprint density at radius 3 is 1.82 bits per heavy atom. The summed E-state index contributed by atoms with van der Waals surface area (Å²) in [4.78, 5) is 158. The van der Waals surface area contributed by atoms with Crippen LogP contribution in [0.2, 0.25) is 0 Å². The SMILES string of the molecule is CC(C)CCCCCCCC1CC(=O)N[C@@H](C(C)O)C(=O)N2CCC[C@H]2C(=O)N2CCC[C@H]2C(=O)N[C@@H](CCCN=C(N)N)C(=O)N[C@@H](C(O)C(=O)O)C(=O)N[C@@H](CO)C(=O)N2CC[C@@H](O)[C@H]2C(=O)N[C@@H](C(O)C(=O)O)C(=O)O1. The van der Waals surface area contributed by atoms with Crippen LogP contribution in [0, 0.1) is 5.92 Å². The minimum absolute atomic E-state index is 0.00832. The van der Waals surface area contributed by atoms with Crippen molar-refractivity contribution in [3.05, 3.63) is 0 Å². The van der Waals surface area contributed by atoms with Gasteiger partial charge in [0, 0.05) is 26.2 Å². The molecule has 4 fully saturated rings. The second-order valence-electron chi connectivity index (χ2n) is 20.8. The molecule has 4 rings (SSSR count). The molecular weight excluding hydrogens is 1050 g/mol. The fraction of sp³-hybridized carbons (Fsp3) is 0.755. The predicted molar refractivity (Wildman–Crippen MR) is 273 cm³/mol. The number of fused-ring (bicyclic) bond motifs is 3. The molecule has 4 unspecified atom stereocenters. The monoisotopic (exact) mass is 1130 g/mol. The average molecular weight is 1130 g/mol. The summed E-state index contributed by atoms with van der Waals surface area (Å²) in [5.41, 5.74) is 10.9. The van der Waals surface area contributed by atoms with Gasteiger partial charge in [0.05, 0.1) is 25.2 Å². The zero-order valence-electron chi connectivity index (χ0n) is 44.7. The van der Waals surface area contributed by atoms with Crippen molar-refractivity contribution in [1.29, 1.82) is 0 Å². The highest BCUT2D eigenvalue weighted by Crippen LogP contribution is 2.27. The molecule has 13 atom stereocenters. The molecule has 79 heavy (non-hydrogen) atoms. The van der Waals surface area contributed by atoms with Gasteiger partial charge < -0.3 is 93.2 Å². The molecular formula is C49H79N11O19. The summed E-state index contributed by atoms with van der Waals surface area (Å²) in [6.45, 7) is 3.48. The van der Waals surface area contributed by atoms with E-state index < -0.39 is 164 Å². The highest BCUT2D eigenvalue weighted by molar-refractivity contribution is 6.00. The number of ether oxygens (including phenoxy) is 1. The number of rotatable bonds is 18. The van der Waals surface area contributed by atoms with Crippen LogP contribution in [0.25, 0.3) is 0 Å². The van der Waals surface area contributed by atoms with Crippen molar-refractivity contribution in [2.24, 2.45) is 22.4 Å². The van der Waals surface area contributed by atoms with E-state index in [0.29, 0.717) is 23.7 Å². The van der Waals surface area contributed by atoms with Gasteiger partial charge in [0.1, 0.15) is 48.4 Å². The number of aliphatic hydroxyl groups excluding tert-OH is 5. The standard InChI is InChI=1S/C49H79N11O19/c1-24(2)12-7-5-4-6-8-13-26-22-32(64)55-33(25(3)62)45(73)59-20-11-16-30(59)44(72)58-19-10-15-29(58)40(68)53-27(14-9-18-52-49(50)51)39(67)56-34(37(65)46(74)75)41(69)54-28(23-61)43(71)60-21-17-31(63)36(60)42(70)57-35(48(78)79-26)38(66)47(76)77/h24-31,33-38,61-63,65-66H,4-23H2,1-3H3,(H,53,68)(H,54,69)(H,55,64)(H,56,67)(H,57,70)(H,74,75)(H,76,77)(H4,50,51,52)/t25?,26?,27-,28-,29-,30-,31+,33-,34-,35-,36-,37?,38?/m0/s1. The summed E-state index contributed by atoms with van der Waals surface area (Å²) >= 11 is 0. The molecule has 16 N–H and O–H groups in total. The van der Waals surface area contributed by atoms with Crippen molar-refractivity contribution in [1.82, 2.24) is 41.3 Å². The van der Waals surface area contributed by atoms with Crippen LogP contribution in [0.15, 0.2) is 4.99 Å². The zero-order valence-corrected chi connectivity index (χ0v) is 44.7. The van der Waals surface area contributed by atoms with E-state index in [2.05, 4.69) is 34.8 Å². The third kappa shape index (κ3) is 18.1. The third-order valence-electron chi connectivity index (χ3n) is 14.3. The number of aliphatic hydroxyl groups is 5. The molecule has 0 aromatic rings. The molecule has 30 heteroatoms. The lowest BCUT2D eigenvalue weighted by molar-refractivity contribution is -0.165. The van der Waals surface area contributed by atoms with Gasteiger partial charge in [-0.2, -0.15) is 0 Å². The Morgan fingerprint density at radius 1 is 0.633 bits per heavy atom. The van der Waals surface area contributed by atoms with Crippen molar-refractivity contribution >= 4 is 71.1 Å². The molecule has 4 aliphatic rings. The van der Waals surface area contributed by atoms with Gasteiger partial charge in [-0.25, -0.2) is 14.4 Å². The van der Waals surface area contributed by atoms with Crippen molar-refractivity contribution in [2.75, 3.05) is 32.8 Å². The molecule has 0 aliphatic carbocycles. The molecule has 8 amide bonds.